The van der Waals surface area contributed by atoms with Crippen molar-refractivity contribution >= 4 is 10.0 Å². The zero-order chi connectivity index (χ0) is 16.6. The molecule has 1 aromatic rings. The van der Waals surface area contributed by atoms with Crippen molar-refractivity contribution in [2.24, 2.45) is 13.0 Å². The maximum atomic E-state index is 13.1. The lowest BCUT2D eigenvalue weighted by Gasteiger charge is -2.42. The van der Waals surface area contributed by atoms with E-state index in [9.17, 15) is 13.5 Å². The number of aromatic nitrogens is 2. The van der Waals surface area contributed by atoms with Crippen molar-refractivity contribution in [1.82, 2.24) is 14.1 Å². The summed E-state index contributed by atoms with van der Waals surface area (Å²) in [7, 11) is -1.90. The van der Waals surface area contributed by atoms with Gasteiger partial charge in [-0.15, -0.1) is 0 Å². The lowest BCUT2D eigenvalue weighted by atomic mass is 9.81. The quantitative estimate of drug-likeness (QED) is 0.872. The summed E-state index contributed by atoms with van der Waals surface area (Å²) in [6.45, 7) is 2.81. The Bertz CT molecular complexity index is 658. The molecule has 2 aliphatic rings. The standard InChI is InChI=1S/C15H25N3O4S/c1-11-15(9-16-17(11)2)23(20,21)18-7-8-22-10-13(18)12-5-3-4-6-14(12)19/h9,12-14,19H,3-8,10H2,1-2H3/t12-,13+,14-/m0/s1. The van der Waals surface area contributed by atoms with E-state index >= 15 is 0 Å². The van der Waals surface area contributed by atoms with Crippen LogP contribution in [0.15, 0.2) is 11.1 Å². The van der Waals surface area contributed by atoms with Crippen LogP contribution in [0, 0.1) is 12.8 Å². The number of aliphatic hydroxyl groups excluding tert-OH is 1. The molecule has 3 rings (SSSR count). The van der Waals surface area contributed by atoms with Gasteiger partial charge in [-0.05, 0) is 19.8 Å². The summed E-state index contributed by atoms with van der Waals surface area (Å²) in [6, 6.07) is -0.302. The van der Waals surface area contributed by atoms with Crippen molar-refractivity contribution in [3.63, 3.8) is 0 Å². The summed E-state index contributed by atoms with van der Waals surface area (Å²) in [5.74, 6) is -0.0594. The molecule has 1 saturated carbocycles. The number of hydrogen-bond donors (Lipinski definition) is 1. The van der Waals surface area contributed by atoms with Crippen molar-refractivity contribution in [3.05, 3.63) is 11.9 Å². The second-order valence-corrected chi connectivity index (χ2v) is 8.35. The van der Waals surface area contributed by atoms with Gasteiger partial charge in [0.25, 0.3) is 0 Å². The van der Waals surface area contributed by atoms with Gasteiger partial charge < -0.3 is 9.84 Å². The van der Waals surface area contributed by atoms with Gasteiger partial charge in [0.05, 0.1) is 37.3 Å². The molecule has 0 spiro atoms. The summed E-state index contributed by atoms with van der Waals surface area (Å²) >= 11 is 0. The molecule has 3 atom stereocenters. The normalized spacial score (nSPS) is 30.5. The van der Waals surface area contributed by atoms with E-state index in [0.29, 0.717) is 25.5 Å². The maximum absolute atomic E-state index is 13.1. The van der Waals surface area contributed by atoms with E-state index in [2.05, 4.69) is 5.10 Å². The third kappa shape index (κ3) is 3.05. The molecule has 2 heterocycles. The first-order valence-corrected chi connectivity index (χ1v) is 9.63. The van der Waals surface area contributed by atoms with Crippen LogP contribution in [0.2, 0.25) is 0 Å². The largest absolute Gasteiger partial charge is 0.393 e. The number of hydrogen-bond acceptors (Lipinski definition) is 5. The van der Waals surface area contributed by atoms with E-state index in [1.807, 2.05) is 0 Å². The Kier molecular flexibility index (Phi) is 4.78. The Hall–Kier alpha value is -0.960. The van der Waals surface area contributed by atoms with Crippen molar-refractivity contribution in [2.75, 3.05) is 19.8 Å². The summed E-state index contributed by atoms with van der Waals surface area (Å²) in [6.07, 6.45) is 4.56. The van der Waals surface area contributed by atoms with Crippen LogP contribution in [-0.2, 0) is 21.8 Å². The van der Waals surface area contributed by atoms with Crippen LogP contribution < -0.4 is 0 Å². The number of ether oxygens (including phenoxy) is 1. The first-order valence-electron chi connectivity index (χ1n) is 8.19. The van der Waals surface area contributed by atoms with E-state index in [4.69, 9.17) is 4.74 Å². The third-order valence-electron chi connectivity index (χ3n) is 5.17. The first kappa shape index (κ1) is 16.9. The van der Waals surface area contributed by atoms with E-state index in [0.717, 1.165) is 25.7 Å². The number of aryl methyl sites for hydroxylation is 1. The van der Waals surface area contributed by atoms with Crippen molar-refractivity contribution in [1.29, 1.82) is 0 Å². The molecule has 2 fully saturated rings. The SMILES string of the molecule is Cc1c(S(=O)(=O)N2CCOC[C@@H]2[C@@H]2CCCC[C@@H]2O)cnn1C. The fourth-order valence-corrected chi connectivity index (χ4v) is 5.52. The predicted molar refractivity (Wildman–Crippen MR) is 84.4 cm³/mol. The van der Waals surface area contributed by atoms with Gasteiger partial charge in [-0.2, -0.15) is 9.40 Å². The Balaban J connectivity index is 1.93. The molecule has 0 unspecified atom stereocenters. The molecule has 0 aromatic carbocycles. The van der Waals surface area contributed by atoms with Gasteiger partial charge >= 0.3 is 0 Å². The molecule has 1 aromatic heterocycles. The molecule has 0 amide bonds. The third-order valence-corrected chi connectivity index (χ3v) is 7.19. The van der Waals surface area contributed by atoms with E-state index in [1.165, 1.54) is 10.5 Å². The van der Waals surface area contributed by atoms with Gasteiger partial charge in [-0.1, -0.05) is 12.8 Å². The minimum Gasteiger partial charge on any atom is -0.393 e. The lowest BCUT2D eigenvalue weighted by Crippen LogP contribution is -2.55. The molecule has 130 valence electrons. The van der Waals surface area contributed by atoms with Crippen LogP contribution in [0.5, 0.6) is 0 Å². The van der Waals surface area contributed by atoms with Crippen LogP contribution in [0.25, 0.3) is 0 Å². The van der Waals surface area contributed by atoms with Gasteiger partial charge in [-0.25, -0.2) is 8.42 Å². The zero-order valence-corrected chi connectivity index (χ0v) is 14.5. The minimum atomic E-state index is -3.63. The van der Waals surface area contributed by atoms with Crippen LogP contribution in [0.1, 0.15) is 31.4 Å². The molecular weight excluding hydrogens is 318 g/mol. The molecule has 8 heteroatoms. The molecule has 1 aliphatic carbocycles. The van der Waals surface area contributed by atoms with Crippen LogP contribution in [0.3, 0.4) is 0 Å². The highest BCUT2D eigenvalue weighted by Gasteiger charge is 2.42. The second-order valence-electron chi connectivity index (χ2n) is 6.49. The van der Waals surface area contributed by atoms with Crippen molar-refractivity contribution in [3.8, 4) is 0 Å². The average Bonchev–Trinajstić information content (AvgIpc) is 2.88. The highest BCUT2D eigenvalue weighted by molar-refractivity contribution is 7.89. The van der Waals surface area contributed by atoms with E-state index in [-0.39, 0.29) is 16.9 Å². The van der Waals surface area contributed by atoms with E-state index < -0.39 is 16.1 Å². The van der Waals surface area contributed by atoms with Crippen LogP contribution in [-0.4, -0.2) is 59.5 Å². The Labute approximate surface area is 137 Å². The van der Waals surface area contributed by atoms with Gasteiger partial charge in [0.1, 0.15) is 4.90 Å². The van der Waals surface area contributed by atoms with Crippen LogP contribution in [0.4, 0.5) is 0 Å². The van der Waals surface area contributed by atoms with E-state index in [1.54, 1.807) is 18.7 Å². The van der Waals surface area contributed by atoms with Gasteiger partial charge in [0.2, 0.25) is 10.0 Å². The fourth-order valence-electron chi connectivity index (χ4n) is 3.69. The second kappa shape index (κ2) is 6.51. The number of sulfonamides is 1. The Morgan fingerprint density at radius 3 is 2.74 bits per heavy atom. The van der Waals surface area contributed by atoms with Crippen molar-refractivity contribution in [2.45, 2.75) is 49.6 Å². The summed E-state index contributed by atoms with van der Waals surface area (Å²) < 4.78 is 34.9. The van der Waals surface area contributed by atoms with Gasteiger partial charge in [-0.3, -0.25) is 4.68 Å². The highest BCUT2D eigenvalue weighted by atomic mass is 32.2. The first-order chi connectivity index (χ1) is 10.9. The Morgan fingerprint density at radius 2 is 2.09 bits per heavy atom. The number of aliphatic hydroxyl groups is 1. The predicted octanol–water partition coefficient (Wildman–Crippen LogP) is 0.669. The van der Waals surface area contributed by atoms with Crippen LogP contribution >= 0.6 is 0 Å². The maximum Gasteiger partial charge on any atom is 0.246 e. The topological polar surface area (TPSA) is 84.7 Å². The highest BCUT2D eigenvalue weighted by Crippen LogP contribution is 2.34. The molecule has 1 aliphatic heterocycles. The number of nitrogens with zero attached hydrogens (tertiary/aromatic N) is 3. The van der Waals surface area contributed by atoms with Crippen molar-refractivity contribution < 1.29 is 18.3 Å². The molecule has 1 N–H and O–H groups in total. The summed E-state index contributed by atoms with van der Waals surface area (Å²) in [4.78, 5) is 0.247. The molecule has 1 saturated heterocycles. The van der Waals surface area contributed by atoms with Gasteiger partial charge in [0, 0.05) is 19.5 Å². The zero-order valence-electron chi connectivity index (χ0n) is 13.7. The molecular formula is C15H25N3O4S. The fraction of sp³-hybridized carbons (Fsp3) is 0.800. The molecule has 0 radical (unpaired) electrons. The average molecular weight is 343 g/mol. The smallest absolute Gasteiger partial charge is 0.246 e. The monoisotopic (exact) mass is 343 g/mol. The molecule has 7 nitrogen and oxygen atoms in total. The minimum absolute atomic E-state index is 0.0594. The van der Waals surface area contributed by atoms with Gasteiger partial charge in [0.15, 0.2) is 0 Å². The number of morpholine rings is 1. The molecule has 0 bridgehead atoms. The lowest BCUT2D eigenvalue weighted by molar-refractivity contribution is -0.0379. The Morgan fingerprint density at radius 1 is 1.35 bits per heavy atom. The summed E-state index contributed by atoms with van der Waals surface area (Å²) in [5.41, 5.74) is 0.624. The summed E-state index contributed by atoms with van der Waals surface area (Å²) in [5, 5.41) is 14.4. The number of rotatable bonds is 3. The molecule has 23 heavy (non-hydrogen) atoms.